The summed E-state index contributed by atoms with van der Waals surface area (Å²) in [4.78, 5) is 2.92. The molecular formula is C13H18N2. The second-order valence-corrected chi connectivity index (χ2v) is 4.15. The highest BCUT2D eigenvalue weighted by molar-refractivity contribution is 5.51. The molecule has 0 aromatic carbocycles. The van der Waals surface area contributed by atoms with Crippen LogP contribution >= 0.6 is 0 Å². The third-order valence-electron chi connectivity index (χ3n) is 3.12. The lowest BCUT2D eigenvalue weighted by atomic mass is 9.84. The summed E-state index contributed by atoms with van der Waals surface area (Å²) < 4.78 is 0. The average Bonchev–Trinajstić information content (AvgIpc) is 2.74. The largest absolute Gasteiger partial charge is 0.353 e. The summed E-state index contributed by atoms with van der Waals surface area (Å²) in [5.41, 5.74) is 1.95. The lowest BCUT2D eigenvalue weighted by molar-refractivity contribution is 0.398. The Bertz CT molecular complexity index is 375. The molecule has 1 aromatic heterocycles. The van der Waals surface area contributed by atoms with E-state index in [1.54, 1.807) is 0 Å². The maximum absolute atomic E-state index is 8.67. The van der Waals surface area contributed by atoms with Gasteiger partial charge < -0.3 is 4.98 Å². The number of aromatic amines is 1. The van der Waals surface area contributed by atoms with E-state index in [0.29, 0.717) is 5.69 Å². The highest BCUT2D eigenvalue weighted by Crippen LogP contribution is 2.27. The molecular weight excluding hydrogens is 184 g/mol. The van der Waals surface area contributed by atoms with Crippen LogP contribution in [-0.4, -0.2) is 4.98 Å². The molecule has 0 saturated heterocycles. The number of aromatic nitrogens is 1. The zero-order valence-electron chi connectivity index (χ0n) is 9.67. The Morgan fingerprint density at radius 2 is 2.13 bits per heavy atom. The van der Waals surface area contributed by atoms with E-state index < -0.39 is 0 Å². The van der Waals surface area contributed by atoms with Gasteiger partial charge >= 0.3 is 0 Å². The van der Waals surface area contributed by atoms with Crippen LogP contribution in [0, 0.1) is 16.7 Å². The first-order valence-electron chi connectivity index (χ1n) is 5.41. The van der Waals surface area contributed by atoms with Gasteiger partial charge in [-0.3, -0.25) is 0 Å². The molecule has 80 valence electrons. The number of rotatable bonds is 4. The maximum atomic E-state index is 8.67. The fourth-order valence-corrected chi connectivity index (χ4v) is 1.35. The van der Waals surface area contributed by atoms with Gasteiger partial charge in [0.15, 0.2) is 0 Å². The molecule has 0 aliphatic heterocycles. The van der Waals surface area contributed by atoms with Crippen LogP contribution in [0.3, 0.4) is 0 Å². The lowest BCUT2D eigenvalue weighted by Gasteiger charge is -2.21. The van der Waals surface area contributed by atoms with Crippen molar-refractivity contribution >= 4 is 6.08 Å². The van der Waals surface area contributed by atoms with E-state index in [4.69, 9.17) is 5.26 Å². The van der Waals surface area contributed by atoms with Gasteiger partial charge in [0.05, 0.1) is 0 Å². The number of allylic oxidation sites excluding steroid dienone is 1. The molecule has 2 heteroatoms. The first kappa shape index (κ1) is 11.6. The fraction of sp³-hybridized carbons (Fsp3) is 0.462. The van der Waals surface area contributed by atoms with Crippen molar-refractivity contribution < 1.29 is 0 Å². The standard InChI is InChI=1S/C13H18N2/c1-4-13(3,5-2)7-6-11-8-12(9-14)15-10-11/h6-8,10,15H,4-5H2,1-3H3/b7-6+. The summed E-state index contributed by atoms with van der Waals surface area (Å²) >= 11 is 0. The van der Waals surface area contributed by atoms with E-state index in [1.165, 1.54) is 0 Å². The summed E-state index contributed by atoms with van der Waals surface area (Å²) in [6.45, 7) is 6.65. The van der Waals surface area contributed by atoms with E-state index in [9.17, 15) is 0 Å². The molecule has 0 atom stereocenters. The van der Waals surface area contributed by atoms with Crippen LogP contribution in [0.4, 0.5) is 0 Å². The number of H-pyrrole nitrogens is 1. The number of nitriles is 1. The van der Waals surface area contributed by atoms with Crippen molar-refractivity contribution in [1.82, 2.24) is 4.98 Å². The highest BCUT2D eigenvalue weighted by atomic mass is 14.7. The molecule has 0 bridgehead atoms. The number of hydrogen-bond acceptors (Lipinski definition) is 1. The molecule has 1 aromatic rings. The Morgan fingerprint density at radius 1 is 1.47 bits per heavy atom. The molecule has 0 spiro atoms. The van der Waals surface area contributed by atoms with Crippen LogP contribution in [0.5, 0.6) is 0 Å². The fourth-order valence-electron chi connectivity index (χ4n) is 1.35. The number of hydrogen-bond donors (Lipinski definition) is 1. The Kier molecular flexibility index (Phi) is 3.74. The number of nitrogens with zero attached hydrogens (tertiary/aromatic N) is 1. The Morgan fingerprint density at radius 3 is 2.60 bits per heavy atom. The topological polar surface area (TPSA) is 39.6 Å². The minimum Gasteiger partial charge on any atom is -0.353 e. The minimum absolute atomic E-state index is 0.268. The van der Waals surface area contributed by atoms with Gasteiger partial charge in [0.2, 0.25) is 0 Å². The van der Waals surface area contributed by atoms with Crippen molar-refractivity contribution in [2.24, 2.45) is 5.41 Å². The number of nitrogens with one attached hydrogen (secondary N) is 1. The van der Waals surface area contributed by atoms with Gasteiger partial charge in [-0.2, -0.15) is 5.26 Å². The molecule has 0 radical (unpaired) electrons. The van der Waals surface area contributed by atoms with Gasteiger partial charge in [0, 0.05) is 6.20 Å². The molecule has 0 aliphatic carbocycles. The van der Waals surface area contributed by atoms with Crippen molar-refractivity contribution in [3.63, 3.8) is 0 Å². The van der Waals surface area contributed by atoms with Crippen molar-refractivity contribution in [2.75, 3.05) is 0 Å². The van der Waals surface area contributed by atoms with Crippen LogP contribution in [0.1, 0.15) is 44.9 Å². The molecule has 0 saturated carbocycles. The molecule has 1 N–H and O–H groups in total. The molecule has 0 aliphatic rings. The second-order valence-electron chi connectivity index (χ2n) is 4.15. The highest BCUT2D eigenvalue weighted by Gasteiger charge is 2.14. The van der Waals surface area contributed by atoms with Gasteiger partial charge in [-0.25, -0.2) is 0 Å². The van der Waals surface area contributed by atoms with Crippen LogP contribution in [-0.2, 0) is 0 Å². The summed E-state index contributed by atoms with van der Waals surface area (Å²) in [7, 11) is 0. The van der Waals surface area contributed by atoms with Gasteiger partial charge in [0.1, 0.15) is 11.8 Å². The SMILES string of the molecule is CCC(C)(/C=C/c1c[nH]c(C#N)c1)CC. The van der Waals surface area contributed by atoms with E-state index in [1.807, 2.05) is 12.3 Å². The van der Waals surface area contributed by atoms with Crippen LogP contribution in [0.25, 0.3) is 6.08 Å². The van der Waals surface area contributed by atoms with E-state index in [2.05, 4.69) is 44.0 Å². The van der Waals surface area contributed by atoms with Crippen LogP contribution < -0.4 is 0 Å². The van der Waals surface area contributed by atoms with Gasteiger partial charge in [-0.15, -0.1) is 0 Å². The summed E-state index contributed by atoms with van der Waals surface area (Å²) in [5.74, 6) is 0. The zero-order valence-corrected chi connectivity index (χ0v) is 9.67. The predicted molar refractivity (Wildman–Crippen MR) is 63.2 cm³/mol. The predicted octanol–water partition coefficient (Wildman–Crippen LogP) is 3.73. The van der Waals surface area contributed by atoms with E-state index >= 15 is 0 Å². The molecule has 0 fully saturated rings. The Hall–Kier alpha value is -1.49. The van der Waals surface area contributed by atoms with E-state index in [-0.39, 0.29) is 5.41 Å². The van der Waals surface area contributed by atoms with Gasteiger partial charge in [-0.1, -0.05) is 32.9 Å². The third-order valence-corrected chi connectivity index (χ3v) is 3.12. The molecule has 1 rings (SSSR count). The third kappa shape index (κ3) is 2.99. The quantitative estimate of drug-likeness (QED) is 0.794. The van der Waals surface area contributed by atoms with Crippen molar-refractivity contribution in [2.45, 2.75) is 33.6 Å². The van der Waals surface area contributed by atoms with Crippen LogP contribution in [0.2, 0.25) is 0 Å². The van der Waals surface area contributed by atoms with Gasteiger partial charge in [0.25, 0.3) is 0 Å². The summed E-state index contributed by atoms with van der Waals surface area (Å²) in [5, 5.41) is 8.67. The monoisotopic (exact) mass is 202 g/mol. The zero-order chi connectivity index (χ0) is 11.3. The second kappa shape index (κ2) is 4.84. The van der Waals surface area contributed by atoms with Crippen LogP contribution in [0.15, 0.2) is 18.3 Å². The molecule has 0 unspecified atom stereocenters. The average molecular weight is 202 g/mol. The van der Waals surface area contributed by atoms with Crippen molar-refractivity contribution in [3.8, 4) is 6.07 Å². The summed E-state index contributed by atoms with van der Waals surface area (Å²) in [6, 6.07) is 3.95. The van der Waals surface area contributed by atoms with Crippen molar-refractivity contribution in [3.05, 3.63) is 29.6 Å². The van der Waals surface area contributed by atoms with Crippen molar-refractivity contribution in [1.29, 1.82) is 5.26 Å². The maximum Gasteiger partial charge on any atom is 0.118 e. The first-order valence-corrected chi connectivity index (χ1v) is 5.41. The molecule has 15 heavy (non-hydrogen) atoms. The Labute approximate surface area is 91.6 Å². The van der Waals surface area contributed by atoms with Gasteiger partial charge in [-0.05, 0) is 29.9 Å². The first-order chi connectivity index (χ1) is 7.13. The minimum atomic E-state index is 0.268. The lowest BCUT2D eigenvalue weighted by Crippen LogP contribution is -2.08. The van der Waals surface area contributed by atoms with E-state index in [0.717, 1.165) is 18.4 Å². The Balaban J connectivity index is 2.77. The smallest absolute Gasteiger partial charge is 0.118 e. The summed E-state index contributed by atoms with van der Waals surface area (Å²) in [6.07, 6.45) is 8.45. The normalized spacial score (nSPS) is 11.9. The molecule has 1 heterocycles. The molecule has 0 amide bonds. The molecule has 2 nitrogen and oxygen atoms in total.